The van der Waals surface area contributed by atoms with Crippen molar-refractivity contribution in [3.8, 4) is 16.9 Å². The van der Waals surface area contributed by atoms with Gasteiger partial charge in [0.25, 0.3) is 0 Å². The highest BCUT2D eigenvalue weighted by atomic mass is 35.5. The van der Waals surface area contributed by atoms with Crippen LogP contribution in [0.5, 0.6) is 0 Å². The zero-order chi connectivity index (χ0) is 21.7. The quantitative estimate of drug-likeness (QED) is 0.552. The number of carbonyl (C=O) groups is 1. The number of benzene rings is 1. The Morgan fingerprint density at radius 3 is 2.55 bits per heavy atom. The molecule has 0 unspecified atom stereocenters. The molecule has 0 radical (unpaired) electrons. The molecular formula is C22H27ClFN5O2. The number of amides is 1. The molecule has 0 saturated heterocycles. The summed E-state index contributed by atoms with van der Waals surface area (Å²) in [7, 11) is 0. The molecule has 31 heavy (non-hydrogen) atoms. The number of carbonyl (C=O) groups excluding carboxylic acids is 1. The number of halogens is 2. The summed E-state index contributed by atoms with van der Waals surface area (Å²) in [5, 5.41) is 5.98. The standard InChI is InChI=1S/C22H26FN5O2.ClH/c1-4-24-21(29)10-12-27-14-19(16-9-11-25-20(13-16)26-15(2)3)28(22(27)30)18-7-5-17(23)6-8-18;/h5-9,11,13-15H,4,10,12H2,1-3H3,(H,24,29)(H,25,26);1H. The summed E-state index contributed by atoms with van der Waals surface area (Å²) in [5.74, 6) is 0.194. The molecule has 2 N–H and O–H groups in total. The molecule has 9 heteroatoms. The van der Waals surface area contributed by atoms with Gasteiger partial charge in [-0.25, -0.2) is 14.2 Å². The molecular weight excluding hydrogens is 421 g/mol. The molecule has 1 amide bonds. The van der Waals surface area contributed by atoms with Crippen molar-refractivity contribution in [3.05, 3.63) is 65.1 Å². The smallest absolute Gasteiger partial charge is 0.333 e. The van der Waals surface area contributed by atoms with Gasteiger partial charge in [0.15, 0.2) is 0 Å². The van der Waals surface area contributed by atoms with E-state index < -0.39 is 0 Å². The fourth-order valence-electron chi connectivity index (χ4n) is 3.17. The van der Waals surface area contributed by atoms with Crippen molar-refractivity contribution < 1.29 is 9.18 Å². The van der Waals surface area contributed by atoms with Crippen LogP contribution in [0.25, 0.3) is 16.9 Å². The molecule has 0 atom stereocenters. The SMILES string of the molecule is CCNC(=O)CCn1cc(-c2ccnc(NC(C)C)c2)n(-c2ccc(F)cc2)c1=O.Cl. The van der Waals surface area contributed by atoms with Gasteiger partial charge in [-0.2, -0.15) is 0 Å². The van der Waals surface area contributed by atoms with Crippen LogP contribution in [0.3, 0.4) is 0 Å². The molecule has 0 fully saturated rings. The molecule has 3 aromatic rings. The zero-order valence-electron chi connectivity index (χ0n) is 17.8. The van der Waals surface area contributed by atoms with Gasteiger partial charge in [0, 0.05) is 43.5 Å². The summed E-state index contributed by atoms with van der Waals surface area (Å²) in [6.45, 7) is 6.66. The summed E-state index contributed by atoms with van der Waals surface area (Å²) in [5.41, 5.74) is 1.67. The van der Waals surface area contributed by atoms with Crippen molar-refractivity contribution >= 4 is 24.1 Å². The minimum Gasteiger partial charge on any atom is -0.368 e. The Bertz CT molecular complexity index is 1080. The third-order valence-electron chi connectivity index (χ3n) is 4.49. The highest BCUT2D eigenvalue weighted by Crippen LogP contribution is 2.24. The molecule has 166 valence electrons. The molecule has 0 saturated carbocycles. The van der Waals surface area contributed by atoms with Crippen molar-refractivity contribution in [2.24, 2.45) is 0 Å². The molecule has 2 aromatic heterocycles. The Morgan fingerprint density at radius 2 is 1.90 bits per heavy atom. The maximum absolute atomic E-state index is 13.4. The van der Waals surface area contributed by atoms with E-state index in [1.165, 1.54) is 21.3 Å². The lowest BCUT2D eigenvalue weighted by molar-refractivity contribution is -0.121. The van der Waals surface area contributed by atoms with Crippen molar-refractivity contribution in [2.75, 3.05) is 11.9 Å². The van der Waals surface area contributed by atoms with Crippen LogP contribution < -0.4 is 16.3 Å². The summed E-state index contributed by atoms with van der Waals surface area (Å²) in [6, 6.07) is 9.63. The van der Waals surface area contributed by atoms with Crippen LogP contribution in [-0.2, 0) is 11.3 Å². The van der Waals surface area contributed by atoms with Gasteiger partial charge >= 0.3 is 5.69 Å². The largest absolute Gasteiger partial charge is 0.368 e. The van der Waals surface area contributed by atoms with Gasteiger partial charge in [-0.1, -0.05) is 0 Å². The normalized spacial score (nSPS) is 10.6. The minimum atomic E-state index is -0.378. The van der Waals surface area contributed by atoms with Gasteiger partial charge in [0.2, 0.25) is 5.91 Å². The minimum absolute atomic E-state index is 0. The predicted molar refractivity (Wildman–Crippen MR) is 123 cm³/mol. The maximum Gasteiger partial charge on any atom is 0.333 e. The van der Waals surface area contributed by atoms with E-state index in [1.807, 2.05) is 32.9 Å². The van der Waals surface area contributed by atoms with Crippen molar-refractivity contribution in [1.82, 2.24) is 19.4 Å². The monoisotopic (exact) mass is 447 g/mol. The third kappa shape index (κ3) is 5.95. The van der Waals surface area contributed by atoms with Gasteiger partial charge in [0.1, 0.15) is 11.6 Å². The Balaban J connectivity index is 0.00000341. The van der Waals surface area contributed by atoms with Crippen LogP contribution in [-0.4, -0.2) is 32.6 Å². The van der Waals surface area contributed by atoms with Crippen molar-refractivity contribution in [1.29, 1.82) is 0 Å². The number of hydrogen-bond donors (Lipinski definition) is 2. The van der Waals surface area contributed by atoms with Crippen LogP contribution in [0, 0.1) is 5.82 Å². The lowest BCUT2D eigenvalue weighted by Gasteiger charge is -2.11. The van der Waals surface area contributed by atoms with E-state index in [9.17, 15) is 14.0 Å². The number of aryl methyl sites for hydroxylation is 1. The Hall–Kier alpha value is -3.13. The molecule has 0 bridgehead atoms. The summed E-state index contributed by atoms with van der Waals surface area (Å²) < 4.78 is 16.5. The predicted octanol–water partition coefficient (Wildman–Crippen LogP) is 3.61. The number of nitrogens with one attached hydrogen (secondary N) is 2. The van der Waals surface area contributed by atoms with E-state index in [1.54, 1.807) is 24.5 Å². The Kier molecular flexibility index (Phi) is 8.38. The van der Waals surface area contributed by atoms with Crippen LogP contribution >= 0.6 is 12.4 Å². The second kappa shape index (κ2) is 10.8. The molecule has 7 nitrogen and oxygen atoms in total. The van der Waals surface area contributed by atoms with Crippen LogP contribution in [0.15, 0.2) is 53.6 Å². The number of hydrogen-bond acceptors (Lipinski definition) is 4. The van der Waals surface area contributed by atoms with Crippen LogP contribution in [0.4, 0.5) is 10.2 Å². The first-order chi connectivity index (χ1) is 14.4. The molecule has 1 aromatic carbocycles. The summed E-state index contributed by atoms with van der Waals surface area (Å²) in [6.07, 6.45) is 3.59. The van der Waals surface area contributed by atoms with Gasteiger partial charge < -0.3 is 10.6 Å². The second-order valence-electron chi connectivity index (χ2n) is 7.23. The molecule has 0 aliphatic rings. The van der Waals surface area contributed by atoms with Gasteiger partial charge in [0.05, 0.1) is 11.4 Å². The van der Waals surface area contributed by atoms with E-state index in [4.69, 9.17) is 0 Å². The fourth-order valence-corrected chi connectivity index (χ4v) is 3.17. The van der Waals surface area contributed by atoms with Crippen LogP contribution in [0.2, 0.25) is 0 Å². The first-order valence-electron chi connectivity index (χ1n) is 9.96. The number of rotatable bonds is 8. The lowest BCUT2D eigenvalue weighted by Crippen LogP contribution is -2.28. The van der Waals surface area contributed by atoms with E-state index in [2.05, 4.69) is 15.6 Å². The van der Waals surface area contributed by atoms with Crippen LogP contribution in [0.1, 0.15) is 27.2 Å². The van der Waals surface area contributed by atoms with Gasteiger partial charge in [-0.05, 0) is 57.2 Å². The molecule has 2 heterocycles. The summed E-state index contributed by atoms with van der Waals surface area (Å²) >= 11 is 0. The second-order valence-corrected chi connectivity index (χ2v) is 7.23. The van der Waals surface area contributed by atoms with E-state index in [0.29, 0.717) is 23.7 Å². The molecule has 0 spiro atoms. The average Bonchev–Trinajstić information content (AvgIpc) is 3.03. The Morgan fingerprint density at radius 1 is 1.19 bits per heavy atom. The molecule has 3 rings (SSSR count). The highest BCUT2D eigenvalue weighted by Gasteiger charge is 2.16. The number of imidazole rings is 1. The topological polar surface area (TPSA) is 81.0 Å². The number of aromatic nitrogens is 3. The number of anilines is 1. The van der Waals surface area contributed by atoms with E-state index in [0.717, 1.165) is 5.56 Å². The summed E-state index contributed by atoms with van der Waals surface area (Å²) in [4.78, 5) is 29.3. The third-order valence-corrected chi connectivity index (χ3v) is 4.49. The first kappa shape index (κ1) is 24.1. The number of pyridine rings is 1. The van der Waals surface area contributed by atoms with Gasteiger partial charge in [-0.15, -0.1) is 12.4 Å². The maximum atomic E-state index is 13.4. The fraction of sp³-hybridized carbons (Fsp3) is 0.318. The molecule has 0 aliphatic carbocycles. The highest BCUT2D eigenvalue weighted by molar-refractivity contribution is 5.85. The van der Waals surface area contributed by atoms with Crippen molar-refractivity contribution in [3.63, 3.8) is 0 Å². The van der Waals surface area contributed by atoms with E-state index in [-0.39, 0.29) is 48.8 Å². The lowest BCUT2D eigenvalue weighted by atomic mass is 10.2. The first-order valence-corrected chi connectivity index (χ1v) is 9.96. The molecule has 0 aliphatic heterocycles. The average molecular weight is 448 g/mol. The Labute approximate surface area is 186 Å². The van der Waals surface area contributed by atoms with Crippen molar-refractivity contribution in [2.45, 2.75) is 39.8 Å². The van der Waals surface area contributed by atoms with E-state index >= 15 is 0 Å². The number of nitrogens with zero attached hydrogens (tertiary/aromatic N) is 3. The van der Waals surface area contributed by atoms with Gasteiger partial charge in [-0.3, -0.25) is 13.9 Å². The zero-order valence-corrected chi connectivity index (χ0v) is 18.6.